The molecule has 7 nitrogen and oxygen atoms in total. The van der Waals surface area contributed by atoms with Crippen LogP contribution in [-0.2, 0) is 13.0 Å². The van der Waals surface area contributed by atoms with Gasteiger partial charge in [-0.05, 0) is 43.4 Å². The molecule has 2 saturated heterocycles. The average Bonchev–Trinajstić information content (AvgIpc) is 3.36. The summed E-state index contributed by atoms with van der Waals surface area (Å²) in [4.78, 5) is 14.5. The van der Waals surface area contributed by atoms with Crippen molar-refractivity contribution in [3.63, 3.8) is 0 Å². The molecule has 1 aromatic heterocycles. The molecule has 5 rings (SSSR count). The number of hydrogen-bond acceptors (Lipinski definition) is 7. The number of nitrogens with zero attached hydrogens (tertiary/aromatic N) is 4. The second-order valence-corrected chi connectivity index (χ2v) is 8.24. The molecule has 7 heteroatoms. The van der Waals surface area contributed by atoms with E-state index in [4.69, 9.17) is 19.4 Å². The van der Waals surface area contributed by atoms with Crippen LogP contribution in [0.3, 0.4) is 0 Å². The topological polar surface area (TPSA) is 71.0 Å². The molecule has 0 amide bonds. The smallest absolute Gasteiger partial charge is 0.225 e. The summed E-state index contributed by atoms with van der Waals surface area (Å²) in [5.41, 5.74) is 3.58. The first-order valence-corrected chi connectivity index (χ1v) is 10.5. The van der Waals surface area contributed by atoms with Gasteiger partial charge in [0.1, 0.15) is 0 Å². The molecule has 1 aromatic carbocycles. The van der Waals surface area contributed by atoms with Gasteiger partial charge in [0, 0.05) is 49.9 Å². The van der Waals surface area contributed by atoms with E-state index in [-0.39, 0.29) is 5.75 Å². The predicted molar refractivity (Wildman–Crippen MR) is 110 cm³/mol. The zero-order valence-electron chi connectivity index (χ0n) is 17.1. The molecule has 2 bridgehead atoms. The lowest BCUT2D eigenvalue weighted by Gasteiger charge is -2.36. The lowest BCUT2D eigenvalue weighted by atomic mass is 9.98. The van der Waals surface area contributed by atoms with Crippen LogP contribution in [0.5, 0.6) is 17.2 Å². The minimum absolute atomic E-state index is 0.0496. The number of hydrogen-bond donors (Lipinski definition) is 1. The Morgan fingerprint density at radius 3 is 2.52 bits per heavy atom. The third-order valence-corrected chi connectivity index (χ3v) is 6.61. The van der Waals surface area contributed by atoms with Gasteiger partial charge in [0.15, 0.2) is 11.5 Å². The van der Waals surface area contributed by atoms with Gasteiger partial charge in [0.25, 0.3) is 0 Å². The molecule has 2 fully saturated rings. The summed E-state index contributed by atoms with van der Waals surface area (Å²) < 4.78 is 10.7. The minimum atomic E-state index is 0.0496. The number of aromatic hydroxyl groups is 1. The fourth-order valence-corrected chi connectivity index (χ4v) is 5.13. The molecule has 2 atom stereocenters. The molecule has 0 saturated carbocycles. The van der Waals surface area contributed by atoms with Crippen LogP contribution in [0.2, 0.25) is 0 Å². The van der Waals surface area contributed by atoms with Crippen LogP contribution in [0.15, 0.2) is 18.3 Å². The molecule has 0 spiro atoms. The summed E-state index contributed by atoms with van der Waals surface area (Å²) in [5.74, 6) is 1.85. The van der Waals surface area contributed by atoms with E-state index in [2.05, 4.69) is 16.0 Å². The number of phenolic OH excluding ortho intramolecular Hbond substituents is 1. The van der Waals surface area contributed by atoms with Crippen molar-refractivity contribution in [1.82, 2.24) is 14.9 Å². The first-order chi connectivity index (χ1) is 14.2. The summed E-state index contributed by atoms with van der Waals surface area (Å²) in [6.45, 7) is 2.93. The highest BCUT2D eigenvalue weighted by Crippen LogP contribution is 2.45. The van der Waals surface area contributed by atoms with Crippen molar-refractivity contribution in [2.45, 2.75) is 50.7 Å². The Bertz CT molecular complexity index is 888. The van der Waals surface area contributed by atoms with E-state index < -0.39 is 0 Å². The monoisotopic (exact) mass is 396 g/mol. The lowest BCUT2D eigenvalue weighted by Crippen LogP contribution is -2.38. The maximum atomic E-state index is 10.2. The van der Waals surface area contributed by atoms with Crippen molar-refractivity contribution in [2.24, 2.45) is 0 Å². The van der Waals surface area contributed by atoms with Crippen molar-refractivity contribution >= 4 is 5.95 Å². The maximum Gasteiger partial charge on any atom is 0.225 e. The number of rotatable bonds is 5. The molecule has 4 heterocycles. The molecule has 2 aromatic rings. The maximum absolute atomic E-state index is 10.2. The molecule has 0 unspecified atom stereocenters. The number of methoxy groups -OCH3 is 2. The summed E-state index contributed by atoms with van der Waals surface area (Å²) in [6, 6.07) is 4.64. The van der Waals surface area contributed by atoms with Gasteiger partial charge < -0.3 is 19.5 Å². The van der Waals surface area contributed by atoms with E-state index in [0.29, 0.717) is 23.6 Å². The van der Waals surface area contributed by atoms with Gasteiger partial charge in [-0.25, -0.2) is 9.97 Å². The molecule has 29 heavy (non-hydrogen) atoms. The van der Waals surface area contributed by atoms with Crippen molar-refractivity contribution in [3.05, 3.63) is 35.2 Å². The normalized spacial score (nSPS) is 23.3. The van der Waals surface area contributed by atoms with E-state index in [1.807, 2.05) is 12.1 Å². The highest BCUT2D eigenvalue weighted by Gasteiger charge is 2.41. The molecular weight excluding hydrogens is 368 g/mol. The predicted octanol–water partition coefficient (Wildman–Crippen LogP) is 3.06. The van der Waals surface area contributed by atoms with Crippen molar-refractivity contribution in [2.75, 3.05) is 32.2 Å². The van der Waals surface area contributed by atoms with Crippen molar-refractivity contribution in [1.29, 1.82) is 0 Å². The first-order valence-electron chi connectivity index (χ1n) is 10.5. The number of benzene rings is 1. The number of fused-ring (bicyclic) bond motifs is 4. The van der Waals surface area contributed by atoms with Gasteiger partial charge in [0.05, 0.1) is 19.9 Å². The summed E-state index contributed by atoms with van der Waals surface area (Å²) in [6.07, 6.45) is 7.82. The van der Waals surface area contributed by atoms with Crippen LogP contribution in [0.1, 0.15) is 48.5 Å². The van der Waals surface area contributed by atoms with Gasteiger partial charge in [0.2, 0.25) is 11.7 Å². The van der Waals surface area contributed by atoms with Crippen molar-refractivity contribution in [3.8, 4) is 17.2 Å². The third kappa shape index (κ3) is 3.17. The van der Waals surface area contributed by atoms with E-state index in [1.54, 1.807) is 14.2 Å². The molecule has 0 radical (unpaired) electrons. The summed E-state index contributed by atoms with van der Waals surface area (Å²) >= 11 is 0. The van der Waals surface area contributed by atoms with E-state index >= 15 is 0 Å². The van der Waals surface area contributed by atoms with Crippen LogP contribution >= 0.6 is 0 Å². The highest BCUT2D eigenvalue weighted by molar-refractivity contribution is 5.53. The van der Waals surface area contributed by atoms with Gasteiger partial charge in [-0.15, -0.1) is 0 Å². The number of ether oxygens (including phenoxy) is 2. The summed E-state index contributed by atoms with van der Waals surface area (Å²) in [7, 11) is 3.13. The molecule has 3 aliphatic heterocycles. The van der Waals surface area contributed by atoms with Crippen LogP contribution in [-0.4, -0.2) is 53.3 Å². The van der Waals surface area contributed by atoms with Gasteiger partial charge in [-0.2, -0.15) is 0 Å². The number of anilines is 1. The van der Waals surface area contributed by atoms with Crippen LogP contribution in [0.4, 0.5) is 5.95 Å². The van der Waals surface area contributed by atoms with Gasteiger partial charge in [-0.3, -0.25) is 4.90 Å². The summed E-state index contributed by atoms with van der Waals surface area (Å²) in [5, 5.41) is 10.2. The minimum Gasteiger partial charge on any atom is -0.502 e. The Labute approximate surface area is 171 Å². The Hall–Kier alpha value is -2.54. The Kier molecular flexibility index (Phi) is 4.70. The largest absolute Gasteiger partial charge is 0.502 e. The zero-order chi connectivity index (χ0) is 20.0. The third-order valence-electron chi connectivity index (χ3n) is 6.61. The quantitative estimate of drug-likeness (QED) is 0.833. The Morgan fingerprint density at radius 1 is 1.10 bits per heavy atom. The fraction of sp³-hybridized carbons (Fsp3) is 0.545. The lowest BCUT2D eigenvalue weighted by molar-refractivity contribution is 0.165. The average molecular weight is 396 g/mol. The van der Waals surface area contributed by atoms with Crippen LogP contribution in [0, 0.1) is 0 Å². The van der Waals surface area contributed by atoms with Gasteiger partial charge >= 0.3 is 0 Å². The molecular formula is C22H28N4O3. The standard InChI is InChI=1S/C22H28N4O3/c1-28-19-9-14(10-20(29-2)21(19)27)13-26-15-5-6-18(26)16-12-23-22(24-17(16)11-15)25-7-3-4-8-25/h9-10,12,15,18,27H,3-8,11,13H2,1-2H3/t15-,18-/m0/s1. The first kappa shape index (κ1) is 18.5. The highest BCUT2D eigenvalue weighted by atomic mass is 16.5. The van der Waals surface area contributed by atoms with E-state index in [1.165, 1.54) is 30.5 Å². The molecule has 1 N–H and O–H groups in total. The number of aromatic nitrogens is 2. The Morgan fingerprint density at radius 2 is 1.83 bits per heavy atom. The molecule has 0 aliphatic carbocycles. The molecule has 154 valence electrons. The number of phenols is 1. The van der Waals surface area contributed by atoms with Crippen LogP contribution < -0.4 is 14.4 Å². The van der Waals surface area contributed by atoms with Crippen LogP contribution in [0.25, 0.3) is 0 Å². The van der Waals surface area contributed by atoms with Gasteiger partial charge in [-0.1, -0.05) is 0 Å². The molecule has 3 aliphatic rings. The SMILES string of the molecule is COc1cc(CN2[C@H]3CC[C@H]2c2cnc(N4CCCC4)nc2C3)cc(OC)c1O. The van der Waals surface area contributed by atoms with Crippen molar-refractivity contribution < 1.29 is 14.6 Å². The second-order valence-electron chi connectivity index (χ2n) is 8.24. The van der Waals surface area contributed by atoms with E-state index in [9.17, 15) is 5.11 Å². The van der Waals surface area contributed by atoms with E-state index in [0.717, 1.165) is 44.0 Å². The second kappa shape index (κ2) is 7.37. The fourth-order valence-electron chi connectivity index (χ4n) is 5.13. The Balaban J connectivity index is 1.41. The zero-order valence-corrected chi connectivity index (χ0v) is 17.1.